The second-order valence-electron chi connectivity index (χ2n) is 5.64. The van der Waals surface area contributed by atoms with Gasteiger partial charge in [0.2, 0.25) is 5.91 Å². The van der Waals surface area contributed by atoms with E-state index in [0.717, 1.165) is 24.3 Å². The molecule has 5 heteroatoms. The van der Waals surface area contributed by atoms with E-state index in [4.69, 9.17) is 0 Å². The van der Waals surface area contributed by atoms with Crippen molar-refractivity contribution in [3.8, 4) is 0 Å². The van der Waals surface area contributed by atoms with Gasteiger partial charge in [0.25, 0.3) is 0 Å². The topological polar surface area (TPSA) is 40.5 Å². The minimum absolute atomic E-state index is 0.0718. The molecule has 1 aromatic rings. The van der Waals surface area contributed by atoms with Crippen molar-refractivity contribution in [3.05, 3.63) is 30.1 Å². The first-order valence-corrected chi connectivity index (χ1v) is 8.36. The van der Waals surface area contributed by atoms with Crippen LogP contribution in [0.5, 0.6) is 0 Å². The average molecular weight is 311 g/mol. The second-order valence-corrected chi connectivity index (χ2v) is 6.73. The van der Waals surface area contributed by atoms with Crippen LogP contribution < -0.4 is 0 Å². The van der Waals surface area contributed by atoms with E-state index < -0.39 is 0 Å². The highest BCUT2D eigenvalue weighted by Crippen LogP contribution is 2.23. The number of aliphatic hydroxyl groups is 1. The minimum Gasteiger partial charge on any atom is -0.396 e. The number of likely N-dealkylation sites (tertiary alicyclic amines) is 1. The van der Waals surface area contributed by atoms with Gasteiger partial charge in [0.1, 0.15) is 5.82 Å². The third-order valence-electron chi connectivity index (χ3n) is 3.82. The lowest BCUT2D eigenvalue weighted by Gasteiger charge is -2.33. The Hall–Kier alpha value is -1.07. The summed E-state index contributed by atoms with van der Waals surface area (Å²) < 4.78 is 12.8. The summed E-state index contributed by atoms with van der Waals surface area (Å²) >= 11 is 1.57. The zero-order valence-corrected chi connectivity index (χ0v) is 13.1. The Kier molecular flexibility index (Phi) is 6.06. The van der Waals surface area contributed by atoms with E-state index in [1.165, 1.54) is 12.1 Å². The van der Waals surface area contributed by atoms with Crippen LogP contribution in [0.3, 0.4) is 0 Å². The Labute approximate surface area is 129 Å². The van der Waals surface area contributed by atoms with Gasteiger partial charge in [0, 0.05) is 36.3 Å². The number of hydrogen-bond donors (Lipinski definition) is 1. The average Bonchev–Trinajstić information content (AvgIpc) is 2.53. The molecule has 1 saturated heterocycles. The molecule has 1 amide bonds. The number of halogens is 1. The van der Waals surface area contributed by atoms with Crippen molar-refractivity contribution in [1.29, 1.82) is 0 Å². The number of thioether (sulfide) groups is 1. The lowest BCUT2D eigenvalue weighted by atomic mass is 9.98. The van der Waals surface area contributed by atoms with Crippen LogP contribution in [0.4, 0.5) is 4.39 Å². The monoisotopic (exact) mass is 311 g/mol. The normalized spacial score (nSPS) is 20.3. The number of piperidine rings is 1. The zero-order chi connectivity index (χ0) is 15.2. The number of benzene rings is 1. The molecule has 1 N–H and O–H groups in total. The van der Waals surface area contributed by atoms with E-state index in [1.807, 2.05) is 11.8 Å². The van der Waals surface area contributed by atoms with Gasteiger partial charge in [-0.05, 0) is 43.0 Å². The molecule has 2 atom stereocenters. The first-order valence-electron chi connectivity index (χ1n) is 7.38. The second kappa shape index (κ2) is 7.80. The summed E-state index contributed by atoms with van der Waals surface area (Å²) in [6.45, 7) is 3.55. The van der Waals surface area contributed by atoms with Crippen molar-refractivity contribution in [1.82, 2.24) is 4.90 Å². The van der Waals surface area contributed by atoms with E-state index in [2.05, 4.69) is 0 Å². The van der Waals surface area contributed by atoms with Gasteiger partial charge in [-0.25, -0.2) is 4.39 Å². The summed E-state index contributed by atoms with van der Waals surface area (Å²) in [6.07, 6.45) is 1.97. The van der Waals surface area contributed by atoms with Gasteiger partial charge in [-0.2, -0.15) is 0 Å². The highest BCUT2D eigenvalue weighted by atomic mass is 32.2. The molecule has 0 saturated carbocycles. The first-order chi connectivity index (χ1) is 10.1. The van der Waals surface area contributed by atoms with Gasteiger partial charge in [-0.1, -0.05) is 6.92 Å². The molecule has 21 heavy (non-hydrogen) atoms. The Morgan fingerprint density at radius 3 is 2.86 bits per heavy atom. The van der Waals surface area contributed by atoms with Crippen LogP contribution in [-0.4, -0.2) is 41.4 Å². The molecule has 0 radical (unpaired) electrons. The smallest absolute Gasteiger partial charge is 0.226 e. The molecule has 1 aliphatic rings. The molecule has 116 valence electrons. The van der Waals surface area contributed by atoms with Crippen LogP contribution in [0.25, 0.3) is 0 Å². The Bertz CT molecular complexity index is 466. The van der Waals surface area contributed by atoms with Gasteiger partial charge in [-0.3, -0.25) is 4.79 Å². The predicted octanol–water partition coefficient (Wildman–Crippen LogP) is 2.78. The quantitative estimate of drug-likeness (QED) is 0.850. The molecular formula is C16H22FNO2S. The molecule has 0 aromatic heterocycles. The molecule has 2 rings (SSSR count). The van der Waals surface area contributed by atoms with Crippen LogP contribution >= 0.6 is 11.8 Å². The maximum Gasteiger partial charge on any atom is 0.226 e. The Morgan fingerprint density at radius 1 is 1.48 bits per heavy atom. The van der Waals surface area contributed by atoms with Crippen molar-refractivity contribution in [2.45, 2.75) is 24.7 Å². The van der Waals surface area contributed by atoms with Crippen LogP contribution in [0, 0.1) is 17.7 Å². The van der Waals surface area contributed by atoms with Gasteiger partial charge in [-0.15, -0.1) is 11.8 Å². The van der Waals surface area contributed by atoms with Crippen molar-refractivity contribution in [2.75, 3.05) is 25.4 Å². The van der Waals surface area contributed by atoms with Crippen molar-refractivity contribution in [3.63, 3.8) is 0 Å². The van der Waals surface area contributed by atoms with Gasteiger partial charge in [0.05, 0.1) is 0 Å². The van der Waals surface area contributed by atoms with Crippen LogP contribution in [-0.2, 0) is 4.79 Å². The predicted molar refractivity (Wildman–Crippen MR) is 82.7 cm³/mol. The molecule has 1 heterocycles. The summed E-state index contributed by atoms with van der Waals surface area (Å²) in [6, 6.07) is 6.34. The maximum atomic E-state index is 12.8. The van der Waals surface area contributed by atoms with E-state index in [0.29, 0.717) is 12.3 Å². The third-order valence-corrected chi connectivity index (χ3v) is 5.10. The highest BCUT2D eigenvalue weighted by molar-refractivity contribution is 7.99. The molecule has 0 aliphatic carbocycles. The molecule has 1 aliphatic heterocycles. The number of nitrogens with zero attached hydrogens (tertiary/aromatic N) is 1. The Morgan fingerprint density at radius 2 is 2.19 bits per heavy atom. The van der Waals surface area contributed by atoms with Gasteiger partial charge < -0.3 is 10.0 Å². The number of amides is 1. The van der Waals surface area contributed by atoms with Crippen LogP contribution in [0.15, 0.2) is 29.2 Å². The molecule has 1 aromatic carbocycles. The fraction of sp³-hybridized carbons (Fsp3) is 0.562. The van der Waals surface area contributed by atoms with E-state index >= 15 is 0 Å². The summed E-state index contributed by atoms with van der Waals surface area (Å²) in [4.78, 5) is 15.3. The lowest BCUT2D eigenvalue weighted by Crippen LogP contribution is -2.43. The number of carbonyl (C=O) groups excluding carboxylic acids is 1. The van der Waals surface area contributed by atoms with Crippen LogP contribution in [0.2, 0.25) is 0 Å². The summed E-state index contributed by atoms with van der Waals surface area (Å²) in [7, 11) is 0. The maximum absolute atomic E-state index is 12.8. The van der Waals surface area contributed by atoms with Gasteiger partial charge in [0.15, 0.2) is 0 Å². The highest BCUT2D eigenvalue weighted by Gasteiger charge is 2.26. The fourth-order valence-electron chi connectivity index (χ4n) is 2.55. The molecule has 2 unspecified atom stereocenters. The molecule has 3 nitrogen and oxygen atoms in total. The Balaban J connectivity index is 1.83. The van der Waals surface area contributed by atoms with Crippen molar-refractivity contribution < 1.29 is 14.3 Å². The lowest BCUT2D eigenvalue weighted by molar-refractivity contribution is -0.136. The molecule has 1 fully saturated rings. The number of aliphatic hydroxyl groups excluding tert-OH is 1. The molecule has 0 bridgehead atoms. The van der Waals surface area contributed by atoms with E-state index in [9.17, 15) is 14.3 Å². The standard InChI is InChI=1S/C16H22FNO2S/c1-12(11-21-15-6-4-14(17)5-7-15)16(20)18-8-2-3-13(9-18)10-19/h4-7,12-13,19H,2-3,8-11H2,1H3. The fourth-order valence-corrected chi connectivity index (χ4v) is 3.46. The minimum atomic E-state index is -0.244. The number of hydrogen-bond acceptors (Lipinski definition) is 3. The zero-order valence-electron chi connectivity index (χ0n) is 12.3. The molecular weight excluding hydrogens is 289 g/mol. The van der Waals surface area contributed by atoms with Crippen LogP contribution in [0.1, 0.15) is 19.8 Å². The van der Waals surface area contributed by atoms with Gasteiger partial charge >= 0.3 is 0 Å². The number of rotatable bonds is 5. The van der Waals surface area contributed by atoms with E-state index in [1.54, 1.807) is 23.9 Å². The van der Waals surface area contributed by atoms with E-state index in [-0.39, 0.29) is 30.2 Å². The first kappa shape index (κ1) is 16.3. The molecule has 0 spiro atoms. The summed E-state index contributed by atoms with van der Waals surface area (Å²) in [5, 5.41) is 9.23. The summed E-state index contributed by atoms with van der Waals surface area (Å²) in [5.41, 5.74) is 0. The SMILES string of the molecule is CC(CSc1ccc(F)cc1)C(=O)N1CCCC(CO)C1. The van der Waals surface area contributed by atoms with Crippen molar-refractivity contribution >= 4 is 17.7 Å². The van der Waals surface area contributed by atoms with Crippen molar-refractivity contribution in [2.24, 2.45) is 11.8 Å². The summed E-state index contributed by atoms with van der Waals surface area (Å²) in [5.74, 6) is 0.747. The number of carbonyl (C=O) groups is 1. The largest absolute Gasteiger partial charge is 0.396 e. The third kappa shape index (κ3) is 4.71.